The molecule has 1 aliphatic heterocycles. The van der Waals surface area contributed by atoms with Crippen LogP contribution in [0, 0.1) is 0 Å². The quantitative estimate of drug-likeness (QED) is 0.392. The number of hydrogen-bond donors (Lipinski definition) is 1. The standard InChI is InChI=1S/C28H27N3O5S/c1-4-36-24-15-9-21(10-16-24)31-27(33)25(17-19-5-11-22(34-2)12-6-19)30-28(31)37-18-26(32)29-20-7-13-23(35-3)14-8-20/h5-17H,4,18H2,1-3H3,(H,29,32)/b25-17+. The molecule has 0 atom stereocenters. The van der Waals surface area contributed by atoms with E-state index in [9.17, 15) is 9.59 Å². The normalized spacial score (nSPS) is 13.9. The fraction of sp³-hybridized carbons (Fsp3) is 0.179. The van der Waals surface area contributed by atoms with Gasteiger partial charge < -0.3 is 19.5 Å². The van der Waals surface area contributed by atoms with Gasteiger partial charge in [-0.1, -0.05) is 23.9 Å². The van der Waals surface area contributed by atoms with Crippen LogP contribution in [0.5, 0.6) is 17.2 Å². The number of carbonyl (C=O) groups excluding carboxylic acids is 2. The minimum atomic E-state index is -0.280. The summed E-state index contributed by atoms with van der Waals surface area (Å²) in [5.74, 6) is 1.70. The molecule has 4 rings (SSSR count). The maximum atomic E-state index is 13.4. The van der Waals surface area contributed by atoms with Crippen LogP contribution in [-0.4, -0.2) is 43.6 Å². The summed E-state index contributed by atoms with van der Waals surface area (Å²) >= 11 is 1.19. The molecule has 0 fully saturated rings. The lowest BCUT2D eigenvalue weighted by atomic mass is 10.2. The van der Waals surface area contributed by atoms with Crippen molar-refractivity contribution in [3.8, 4) is 17.2 Å². The van der Waals surface area contributed by atoms with Gasteiger partial charge in [-0.3, -0.25) is 14.5 Å². The predicted molar refractivity (Wildman–Crippen MR) is 148 cm³/mol. The molecule has 9 heteroatoms. The third kappa shape index (κ3) is 6.50. The van der Waals surface area contributed by atoms with Gasteiger partial charge in [-0.15, -0.1) is 0 Å². The molecule has 190 valence electrons. The van der Waals surface area contributed by atoms with Crippen molar-refractivity contribution >= 4 is 46.2 Å². The van der Waals surface area contributed by atoms with E-state index in [1.54, 1.807) is 68.8 Å². The van der Waals surface area contributed by atoms with Gasteiger partial charge in [-0.05, 0) is 79.2 Å². The number of nitrogens with one attached hydrogen (secondary N) is 1. The molecule has 2 amide bonds. The SMILES string of the molecule is CCOc1ccc(N2C(=O)/C(=C\c3ccc(OC)cc3)N=C2SCC(=O)Nc2ccc(OC)cc2)cc1. The summed E-state index contributed by atoms with van der Waals surface area (Å²) in [6, 6.07) is 21.6. The number of benzene rings is 3. The highest BCUT2D eigenvalue weighted by Crippen LogP contribution is 2.31. The number of methoxy groups -OCH3 is 2. The number of hydrogen-bond acceptors (Lipinski definition) is 7. The van der Waals surface area contributed by atoms with Crippen molar-refractivity contribution in [1.29, 1.82) is 0 Å². The molecule has 1 aliphatic rings. The minimum Gasteiger partial charge on any atom is -0.497 e. The Kier molecular flexibility index (Phi) is 8.48. The summed E-state index contributed by atoms with van der Waals surface area (Å²) in [6.07, 6.45) is 1.72. The van der Waals surface area contributed by atoms with E-state index in [1.807, 2.05) is 31.2 Å². The monoisotopic (exact) mass is 517 g/mol. The number of thioether (sulfide) groups is 1. The summed E-state index contributed by atoms with van der Waals surface area (Å²) in [6.45, 7) is 2.45. The summed E-state index contributed by atoms with van der Waals surface area (Å²) in [5.41, 5.74) is 2.37. The van der Waals surface area contributed by atoms with E-state index in [1.165, 1.54) is 16.7 Å². The summed E-state index contributed by atoms with van der Waals surface area (Å²) < 4.78 is 15.9. The fourth-order valence-corrected chi connectivity index (χ4v) is 4.35. The first-order valence-electron chi connectivity index (χ1n) is 11.6. The molecule has 1 N–H and O–H groups in total. The zero-order valence-electron chi connectivity index (χ0n) is 20.8. The molecule has 0 unspecified atom stereocenters. The van der Waals surface area contributed by atoms with E-state index in [4.69, 9.17) is 14.2 Å². The Morgan fingerprint density at radius 1 is 0.919 bits per heavy atom. The van der Waals surface area contributed by atoms with Gasteiger partial charge in [0.05, 0.1) is 32.3 Å². The molecule has 0 saturated carbocycles. The first-order valence-corrected chi connectivity index (χ1v) is 12.6. The zero-order chi connectivity index (χ0) is 26.2. The topological polar surface area (TPSA) is 89.5 Å². The van der Waals surface area contributed by atoms with Crippen molar-refractivity contribution in [3.05, 3.63) is 84.1 Å². The molecule has 0 aliphatic carbocycles. The molecule has 0 aromatic heterocycles. The van der Waals surface area contributed by atoms with Gasteiger partial charge in [0.15, 0.2) is 5.17 Å². The highest BCUT2D eigenvalue weighted by Gasteiger charge is 2.32. The van der Waals surface area contributed by atoms with E-state index in [0.29, 0.717) is 34.6 Å². The van der Waals surface area contributed by atoms with Crippen LogP contribution < -0.4 is 24.4 Å². The van der Waals surface area contributed by atoms with Gasteiger partial charge in [0.2, 0.25) is 5.91 Å². The van der Waals surface area contributed by atoms with Gasteiger partial charge >= 0.3 is 0 Å². The highest BCUT2D eigenvalue weighted by molar-refractivity contribution is 8.14. The van der Waals surface area contributed by atoms with Crippen molar-refractivity contribution in [3.63, 3.8) is 0 Å². The molecular formula is C28H27N3O5S. The van der Waals surface area contributed by atoms with E-state index in [2.05, 4.69) is 10.3 Å². The smallest absolute Gasteiger partial charge is 0.283 e. The number of aliphatic imine (C=N–C) groups is 1. The summed E-state index contributed by atoms with van der Waals surface area (Å²) in [5, 5.41) is 3.27. The second kappa shape index (κ2) is 12.1. The number of amidine groups is 1. The second-order valence-electron chi connectivity index (χ2n) is 7.83. The van der Waals surface area contributed by atoms with E-state index in [-0.39, 0.29) is 23.3 Å². The minimum absolute atomic E-state index is 0.0709. The molecule has 0 radical (unpaired) electrons. The van der Waals surface area contributed by atoms with Crippen molar-refractivity contribution in [1.82, 2.24) is 0 Å². The molecule has 0 saturated heterocycles. The van der Waals surface area contributed by atoms with Gasteiger partial charge in [0, 0.05) is 5.69 Å². The Labute approximate surface area is 219 Å². The average Bonchev–Trinajstić information content (AvgIpc) is 3.23. The molecule has 8 nitrogen and oxygen atoms in total. The van der Waals surface area contributed by atoms with Crippen molar-refractivity contribution < 1.29 is 23.8 Å². The number of carbonyl (C=O) groups is 2. The summed E-state index contributed by atoms with van der Waals surface area (Å²) in [4.78, 5) is 32.1. The zero-order valence-corrected chi connectivity index (χ0v) is 21.6. The van der Waals surface area contributed by atoms with Crippen LogP contribution >= 0.6 is 11.8 Å². The first-order chi connectivity index (χ1) is 18.0. The Hall–Kier alpha value is -4.24. The maximum absolute atomic E-state index is 13.4. The average molecular weight is 518 g/mol. The maximum Gasteiger partial charge on any atom is 0.283 e. The van der Waals surface area contributed by atoms with Gasteiger partial charge in [0.25, 0.3) is 5.91 Å². The van der Waals surface area contributed by atoms with Crippen LogP contribution in [-0.2, 0) is 9.59 Å². The Balaban J connectivity index is 1.54. The van der Waals surface area contributed by atoms with Crippen molar-refractivity contribution in [2.45, 2.75) is 6.92 Å². The number of rotatable bonds is 9. The molecule has 1 heterocycles. The molecule has 3 aromatic rings. The number of anilines is 2. The van der Waals surface area contributed by atoms with Crippen LogP contribution in [0.1, 0.15) is 12.5 Å². The highest BCUT2D eigenvalue weighted by atomic mass is 32.2. The number of nitrogens with zero attached hydrogens (tertiary/aromatic N) is 2. The molecule has 37 heavy (non-hydrogen) atoms. The number of ether oxygens (including phenoxy) is 3. The van der Waals surface area contributed by atoms with Crippen LogP contribution in [0.4, 0.5) is 11.4 Å². The largest absolute Gasteiger partial charge is 0.497 e. The third-order valence-electron chi connectivity index (χ3n) is 5.36. The fourth-order valence-electron chi connectivity index (χ4n) is 3.54. The lowest BCUT2D eigenvalue weighted by Crippen LogP contribution is -2.31. The lowest BCUT2D eigenvalue weighted by Gasteiger charge is -2.18. The lowest BCUT2D eigenvalue weighted by molar-refractivity contribution is -0.114. The number of amides is 2. The molecule has 3 aromatic carbocycles. The van der Waals surface area contributed by atoms with E-state index in [0.717, 1.165) is 11.3 Å². The van der Waals surface area contributed by atoms with Crippen LogP contribution in [0.2, 0.25) is 0 Å². The van der Waals surface area contributed by atoms with Gasteiger partial charge in [-0.2, -0.15) is 0 Å². The Morgan fingerprint density at radius 2 is 1.51 bits per heavy atom. The van der Waals surface area contributed by atoms with Crippen LogP contribution in [0.25, 0.3) is 6.08 Å². The molecule has 0 spiro atoms. The second-order valence-corrected chi connectivity index (χ2v) is 8.77. The Morgan fingerprint density at radius 3 is 2.11 bits per heavy atom. The van der Waals surface area contributed by atoms with Gasteiger partial charge in [-0.25, -0.2) is 4.99 Å². The predicted octanol–water partition coefficient (Wildman–Crippen LogP) is 5.22. The third-order valence-corrected chi connectivity index (χ3v) is 6.30. The van der Waals surface area contributed by atoms with Crippen LogP contribution in [0.15, 0.2) is 83.5 Å². The molecular weight excluding hydrogens is 490 g/mol. The Bertz CT molecular complexity index is 1300. The van der Waals surface area contributed by atoms with Crippen LogP contribution in [0.3, 0.4) is 0 Å². The van der Waals surface area contributed by atoms with Crippen molar-refractivity contribution in [2.24, 2.45) is 4.99 Å². The first kappa shape index (κ1) is 25.8. The van der Waals surface area contributed by atoms with Crippen molar-refractivity contribution in [2.75, 3.05) is 36.8 Å². The van der Waals surface area contributed by atoms with E-state index < -0.39 is 0 Å². The van der Waals surface area contributed by atoms with Gasteiger partial charge in [0.1, 0.15) is 22.9 Å². The van der Waals surface area contributed by atoms with E-state index >= 15 is 0 Å². The molecule has 0 bridgehead atoms. The summed E-state index contributed by atoms with van der Waals surface area (Å²) in [7, 11) is 3.18.